The number of nitrogens with two attached hydrogens (primary N) is 1. The van der Waals surface area contributed by atoms with Gasteiger partial charge in [-0.3, -0.25) is 19.8 Å². The number of unbranched alkanes of at least 4 members (excludes halogenated alkanes) is 1. The number of rotatable bonds is 12. The number of amides is 3. The van der Waals surface area contributed by atoms with Crippen molar-refractivity contribution >= 4 is 57.3 Å². The molecular weight excluding hydrogens is 672 g/mol. The summed E-state index contributed by atoms with van der Waals surface area (Å²) < 4.78 is 9.44. The fraction of sp³-hybridized carbons (Fsp3) is 0.308. The van der Waals surface area contributed by atoms with Crippen LogP contribution in [0.15, 0.2) is 81.8 Å². The number of fused-ring (bicyclic) bond motifs is 6. The van der Waals surface area contributed by atoms with Crippen molar-refractivity contribution in [1.29, 1.82) is 5.41 Å². The lowest BCUT2D eigenvalue weighted by Crippen LogP contribution is -2.28. The lowest BCUT2D eigenvalue weighted by atomic mass is 9.78. The lowest BCUT2D eigenvalue weighted by molar-refractivity contribution is -0.116. The molecule has 1 atom stereocenters. The van der Waals surface area contributed by atoms with Crippen molar-refractivity contribution in [3.8, 4) is 0 Å². The molecule has 53 heavy (non-hydrogen) atoms. The Kier molecular flexibility index (Phi) is 9.28. The summed E-state index contributed by atoms with van der Waals surface area (Å²) in [5.74, 6) is -0.246. The highest BCUT2D eigenvalue weighted by atomic mass is 16.3. The molecule has 3 aliphatic rings. The first-order valence-electron chi connectivity index (χ1n) is 17.7. The summed E-state index contributed by atoms with van der Waals surface area (Å²) in [6.07, 6.45) is 12.3. The molecule has 1 aliphatic carbocycles. The first-order valence-corrected chi connectivity index (χ1v) is 17.7. The average Bonchev–Trinajstić information content (AvgIpc) is 3.88. The molecule has 1 unspecified atom stereocenters. The van der Waals surface area contributed by atoms with Gasteiger partial charge in [0.15, 0.2) is 11.5 Å². The molecule has 5 heterocycles. The molecule has 1 aromatic carbocycles. The van der Waals surface area contributed by atoms with E-state index in [2.05, 4.69) is 64.6 Å². The van der Waals surface area contributed by atoms with Gasteiger partial charge in [-0.15, -0.1) is 0 Å². The summed E-state index contributed by atoms with van der Waals surface area (Å²) in [6.45, 7) is 4.62. The molecule has 14 nitrogen and oxygen atoms in total. The van der Waals surface area contributed by atoms with Crippen LogP contribution in [0.4, 0.5) is 17.1 Å². The molecule has 7 rings (SSSR count). The number of aromatic nitrogens is 3. The number of hydrogen-bond donors (Lipinski definition) is 6. The molecule has 14 heteroatoms. The topological polar surface area (TPSA) is 188 Å². The van der Waals surface area contributed by atoms with E-state index in [1.807, 2.05) is 13.1 Å². The molecule has 0 spiro atoms. The van der Waals surface area contributed by atoms with Crippen LogP contribution in [-0.4, -0.2) is 62.2 Å². The van der Waals surface area contributed by atoms with Crippen LogP contribution < -0.4 is 27.0 Å². The zero-order valence-corrected chi connectivity index (χ0v) is 30.5. The third-order valence-corrected chi connectivity index (χ3v) is 9.97. The van der Waals surface area contributed by atoms with Crippen molar-refractivity contribution in [2.24, 2.45) is 19.8 Å². The Morgan fingerprint density at radius 1 is 0.981 bits per heavy atom. The molecule has 274 valence electrons. The number of aryl methyl sites for hydroxylation is 3. The summed E-state index contributed by atoms with van der Waals surface area (Å²) in [5, 5.41) is 19.4. The number of hydrogen-bond acceptors (Lipinski definition) is 8. The lowest BCUT2D eigenvalue weighted by Gasteiger charge is -2.31. The number of benzene rings is 1. The maximum absolute atomic E-state index is 13.1. The van der Waals surface area contributed by atoms with E-state index in [0.717, 1.165) is 28.8 Å². The van der Waals surface area contributed by atoms with Crippen LogP contribution in [-0.2, 0) is 25.3 Å². The minimum Gasteiger partial charge on any atom is -0.441 e. The quantitative estimate of drug-likeness (QED) is 0.0638. The fourth-order valence-corrected chi connectivity index (χ4v) is 7.28. The Balaban J connectivity index is 0.931. The number of amidine groups is 1. The molecule has 0 radical (unpaired) electrons. The number of carbonyl (C=O) groups excluding carboxylic acids is 3. The van der Waals surface area contributed by atoms with Crippen LogP contribution in [0.5, 0.6) is 0 Å². The molecule has 3 aromatic heterocycles. The summed E-state index contributed by atoms with van der Waals surface area (Å²) in [4.78, 5) is 45.5. The molecule has 7 N–H and O–H groups in total. The molecule has 0 saturated heterocycles. The monoisotopic (exact) mass is 716 g/mol. The van der Waals surface area contributed by atoms with Crippen molar-refractivity contribution in [1.82, 2.24) is 24.3 Å². The third-order valence-electron chi connectivity index (χ3n) is 9.97. The van der Waals surface area contributed by atoms with Gasteiger partial charge in [0, 0.05) is 88.6 Å². The number of allylic oxidation sites excluding steroid dienone is 4. The number of anilines is 3. The first kappa shape index (κ1) is 35.1. The van der Waals surface area contributed by atoms with Crippen LogP contribution in [0.25, 0.3) is 16.7 Å². The van der Waals surface area contributed by atoms with E-state index in [1.165, 1.54) is 27.9 Å². The zero-order chi connectivity index (χ0) is 37.6. The Bertz CT molecular complexity index is 2310. The summed E-state index contributed by atoms with van der Waals surface area (Å²) in [6, 6.07) is 7.33. The predicted octanol–water partition coefficient (Wildman–Crippen LogP) is 5.41. The van der Waals surface area contributed by atoms with Crippen molar-refractivity contribution < 1.29 is 18.8 Å². The van der Waals surface area contributed by atoms with Crippen molar-refractivity contribution in [3.05, 3.63) is 100 Å². The van der Waals surface area contributed by atoms with Crippen LogP contribution in [0.1, 0.15) is 72.0 Å². The smallest absolute Gasteiger partial charge is 0.272 e. The average molecular weight is 717 g/mol. The maximum atomic E-state index is 13.1. The van der Waals surface area contributed by atoms with Gasteiger partial charge in [0.2, 0.25) is 5.91 Å². The second-order valence-corrected chi connectivity index (χ2v) is 13.9. The van der Waals surface area contributed by atoms with Crippen molar-refractivity contribution in [2.75, 3.05) is 29.5 Å². The SMILES string of the molecule is CC1=C2c3c(ccc4oc(CCCCC(=O)Nc5cc(C(=O)Nc6cc(C(=O)NCCC(=N)N)n(C)c6)n(C)c5)nc34)NC2C(C)=C2C=CN(C)C=C12. The van der Waals surface area contributed by atoms with Gasteiger partial charge in [0.05, 0.1) is 23.3 Å². The van der Waals surface area contributed by atoms with Crippen LogP contribution in [0, 0.1) is 5.41 Å². The predicted molar refractivity (Wildman–Crippen MR) is 206 cm³/mol. The highest BCUT2D eigenvalue weighted by molar-refractivity contribution is 6.06. The summed E-state index contributed by atoms with van der Waals surface area (Å²) >= 11 is 0. The highest BCUT2D eigenvalue weighted by Crippen LogP contribution is 2.50. The van der Waals surface area contributed by atoms with E-state index in [-0.39, 0.29) is 42.6 Å². The molecule has 0 bridgehead atoms. The van der Waals surface area contributed by atoms with Crippen molar-refractivity contribution in [3.63, 3.8) is 0 Å². The van der Waals surface area contributed by atoms with E-state index in [9.17, 15) is 14.4 Å². The van der Waals surface area contributed by atoms with Gasteiger partial charge in [0.25, 0.3) is 11.8 Å². The van der Waals surface area contributed by atoms with E-state index >= 15 is 0 Å². The molecule has 0 saturated carbocycles. The Morgan fingerprint density at radius 3 is 2.43 bits per heavy atom. The van der Waals surface area contributed by atoms with Crippen LogP contribution in [0.2, 0.25) is 0 Å². The second kappa shape index (κ2) is 14.0. The standard InChI is InChI=1S/C39H44N10O4/c1-21-26-20-47(3)15-13-25(26)22(2)36-34(21)35-27(45-36)10-11-30-37(35)46-33(53-30)9-7-6-8-32(50)43-23-16-29(49(5)18-23)39(52)44-24-17-28(48(4)19-24)38(51)42-14-12-31(40)41/h10-11,13,15-20,36,45H,6-9,12,14H2,1-5H3,(H3,40,41)(H,42,51)(H,43,50)(H,44,52). The van der Waals surface area contributed by atoms with E-state index in [1.54, 1.807) is 47.8 Å². The maximum Gasteiger partial charge on any atom is 0.272 e. The minimum absolute atomic E-state index is 0.0121. The number of carbonyl (C=O) groups is 3. The van der Waals surface area contributed by atoms with Crippen LogP contribution >= 0.6 is 0 Å². The van der Waals surface area contributed by atoms with Crippen LogP contribution in [0.3, 0.4) is 0 Å². The van der Waals surface area contributed by atoms with Gasteiger partial charge in [0.1, 0.15) is 16.9 Å². The molecule has 2 aliphatic heterocycles. The first-order chi connectivity index (χ1) is 25.4. The number of nitrogens with one attached hydrogen (secondary N) is 5. The zero-order valence-electron chi connectivity index (χ0n) is 30.5. The Morgan fingerprint density at radius 2 is 1.70 bits per heavy atom. The van der Waals surface area contributed by atoms with Gasteiger partial charge >= 0.3 is 0 Å². The highest BCUT2D eigenvalue weighted by Gasteiger charge is 2.37. The minimum atomic E-state index is -0.389. The summed E-state index contributed by atoms with van der Waals surface area (Å²) in [5.41, 5.74) is 17.0. The molecule has 0 fully saturated rings. The van der Waals surface area contributed by atoms with Gasteiger partial charge in [-0.2, -0.15) is 0 Å². The Labute approximate surface area is 307 Å². The molecule has 4 aromatic rings. The number of nitrogens with zero attached hydrogens (tertiary/aromatic N) is 4. The van der Waals surface area contributed by atoms with Gasteiger partial charge in [-0.05, 0) is 79.3 Å². The van der Waals surface area contributed by atoms with E-state index in [4.69, 9.17) is 20.5 Å². The van der Waals surface area contributed by atoms with Gasteiger partial charge < -0.3 is 45.5 Å². The molecule has 3 amide bonds. The van der Waals surface area contributed by atoms with Gasteiger partial charge in [-0.25, -0.2) is 4.98 Å². The van der Waals surface area contributed by atoms with E-state index < -0.39 is 0 Å². The summed E-state index contributed by atoms with van der Waals surface area (Å²) in [7, 11) is 5.46. The third kappa shape index (κ3) is 6.87. The normalized spacial score (nSPS) is 15.9. The number of oxazole rings is 1. The van der Waals surface area contributed by atoms with E-state index in [0.29, 0.717) is 47.9 Å². The second-order valence-electron chi connectivity index (χ2n) is 13.9. The largest absolute Gasteiger partial charge is 0.441 e. The van der Waals surface area contributed by atoms with Crippen molar-refractivity contribution in [2.45, 2.75) is 52.0 Å². The molecular formula is C39H44N10O4. The Hall–Kier alpha value is -6.31. The fourth-order valence-electron chi connectivity index (χ4n) is 7.28. The van der Waals surface area contributed by atoms with Gasteiger partial charge in [-0.1, -0.05) is 0 Å².